The Morgan fingerprint density at radius 1 is 0.407 bits per heavy atom. The van der Waals surface area contributed by atoms with Crippen molar-refractivity contribution in [3.63, 3.8) is 0 Å². The van der Waals surface area contributed by atoms with Crippen molar-refractivity contribution in [2.75, 3.05) is 0 Å². The number of hydrogen-bond donors (Lipinski definition) is 3. The van der Waals surface area contributed by atoms with E-state index < -0.39 is 126 Å². The molecule has 27 heteroatoms. The molecule has 0 aliphatic heterocycles. The third-order valence-corrected chi connectivity index (χ3v) is 9.96. The molecule has 86 heavy (non-hydrogen) atoms. The van der Waals surface area contributed by atoms with Crippen LogP contribution in [0.5, 0.6) is 0 Å². The van der Waals surface area contributed by atoms with Crippen molar-refractivity contribution in [3.8, 4) is 0 Å². The number of nitrogens with zero attached hydrogens (tertiary/aromatic N) is 3. The molecule has 3 N–H and O–H groups in total. The van der Waals surface area contributed by atoms with E-state index in [1.807, 2.05) is 0 Å². The molecule has 1 unspecified atom stereocenters. The summed E-state index contributed by atoms with van der Waals surface area (Å²) < 4.78 is 56.0. The lowest BCUT2D eigenvalue weighted by Crippen LogP contribution is -2.44. The predicted molar refractivity (Wildman–Crippen MR) is 317 cm³/mol. The lowest BCUT2D eigenvalue weighted by molar-refractivity contribution is -0.179. The fraction of sp³-hybridized carbons (Fsp3) is 0.593. The van der Waals surface area contributed by atoms with Gasteiger partial charge in [0.1, 0.15) is 18.1 Å². The van der Waals surface area contributed by atoms with Crippen molar-refractivity contribution in [2.24, 2.45) is 16.2 Å². The molecule has 0 aliphatic carbocycles. The van der Waals surface area contributed by atoms with Crippen LogP contribution in [0.25, 0.3) is 0 Å². The summed E-state index contributed by atoms with van der Waals surface area (Å²) in [5.41, 5.74) is -1.91. The average molecular weight is 1220 g/mol. The van der Waals surface area contributed by atoms with E-state index in [1.165, 1.54) is 13.8 Å². The first-order valence-corrected chi connectivity index (χ1v) is 27.3. The molecule has 3 amide bonds. The molecule has 0 radical (unpaired) electrons. The van der Waals surface area contributed by atoms with E-state index in [0.717, 1.165) is 18.6 Å². The monoisotopic (exact) mass is 1220 g/mol. The van der Waals surface area contributed by atoms with Crippen LogP contribution in [0.3, 0.4) is 0 Å². The number of carbonyl (C=O) groups excluding carboxylic acids is 12. The maximum absolute atomic E-state index is 12.6. The van der Waals surface area contributed by atoms with Gasteiger partial charge in [0, 0.05) is 38.7 Å². The van der Waals surface area contributed by atoms with Crippen LogP contribution < -0.4 is 30.0 Å². The lowest BCUT2D eigenvalue weighted by Gasteiger charge is -2.24. The molecule has 0 saturated heterocycles. The number of Topliss-reactive ketones (excluding diaryl/α,β-unsaturated/α-hetero) is 3. The molecule has 0 fully saturated rings. The number of alkyl carbamates (subject to hydrolysis) is 3. The van der Waals surface area contributed by atoms with Gasteiger partial charge in [-0.2, -0.15) is 0 Å². The van der Waals surface area contributed by atoms with Gasteiger partial charge in [0.05, 0.1) is 34.6 Å². The highest BCUT2D eigenvalue weighted by atomic mass is 16.7. The number of carbonyl (C=O) groups is 12. The lowest BCUT2D eigenvalue weighted by atomic mass is 9.97. The molecule has 0 aromatic heterocycles. The first kappa shape index (κ1) is 79.3. The number of ketones is 3. The minimum Gasteiger partial charge on any atom is -0.461 e. The van der Waals surface area contributed by atoms with Gasteiger partial charge in [0.15, 0.2) is 0 Å². The van der Waals surface area contributed by atoms with Gasteiger partial charge < -0.3 is 58.6 Å². The molecule has 0 bridgehead atoms. The number of amides is 3. The number of ether oxygens (including phenoxy) is 9. The second kappa shape index (κ2) is 39.7. The van der Waals surface area contributed by atoms with Gasteiger partial charge >= 0.3 is 72.7 Å². The first-order chi connectivity index (χ1) is 39.7. The van der Waals surface area contributed by atoms with E-state index in [2.05, 4.69) is 50.1 Å². The SMILES string of the molecule is C=[N+]=CC(=O)CC[C@H](NC(=O)OC(OC(=O)C(C)(C)C)c1ccccc1)C(=O)OC(C)C.C=[N+]=CC(=O)CC[C@H](NC(=O)O[C@@H](C)OC(=O)C(C)(C)C)C(=O)OC(C)C.C=[N+]=CC(=O)CC[C@H](NC(=O)O[C@H](C)OC(=O)C(C)(C)C)C(=O)OC(C)C. The van der Waals surface area contributed by atoms with Crippen molar-refractivity contribution >= 4 is 110 Å². The Bertz CT molecular complexity index is 2510. The van der Waals surface area contributed by atoms with E-state index in [4.69, 9.17) is 42.6 Å². The van der Waals surface area contributed by atoms with Gasteiger partial charge in [-0.15, -0.1) is 14.0 Å². The van der Waals surface area contributed by atoms with Crippen molar-refractivity contribution < 1.29 is 100 Å². The number of nitrogens with one attached hydrogen (secondary N) is 3. The maximum Gasteiger partial charge on any atom is 0.411 e. The first-order valence-electron chi connectivity index (χ1n) is 27.3. The van der Waals surface area contributed by atoms with E-state index in [1.54, 1.807) is 134 Å². The fourth-order valence-corrected chi connectivity index (χ4v) is 5.72. The molecule has 6 atom stereocenters. The zero-order valence-electron chi connectivity index (χ0n) is 52.6. The second-order valence-electron chi connectivity index (χ2n) is 22.6. The zero-order chi connectivity index (χ0) is 66.7. The maximum atomic E-state index is 12.6. The summed E-state index contributed by atoms with van der Waals surface area (Å²) in [4.78, 5) is 144. The van der Waals surface area contributed by atoms with Gasteiger partial charge in [0.25, 0.3) is 26.4 Å². The Morgan fingerprint density at radius 2 is 0.674 bits per heavy atom. The Hall–Kier alpha value is -8.79. The summed E-state index contributed by atoms with van der Waals surface area (Å²) in [5.74, 6) is -4.87. The average Bonchev–Trinajstić information content (AvgIpc) is 3.54. The molecule has 27 nitrogen and oxygen atoms in total. The normalized spacial score (nSPS) is 12.9. The van der Waals surface area contributed by atoms with E-state index >= 15 is 0 Å². The minimum atomic E-state index is -1.33. The summed E-state index contributed by atoms with van der Waals surface area (Å²) in [6.07, 6.45) is -4.99. The summed E-state index contributed by atoms with van der Waals surface area (Å²) in [6.45, 7) is 37.2. The van der Waals surface area contributed by atoms with Gasteiger partial charge in [-0.1, -0.05) is 30.3 Å². The molecular formula is C59H89N6O21+3. The number of rotatable bonds is 28. The largest absolute Gasteiger partial charge is 0.461 e. The van der Waals surface area contributed by atoms with Crippen LogP contribution in [-0.4, -0.2) is 159 Å². The Morgan fingerprint density at radius 3 is 0.930 bits per heavy atom. The highest BCUT2D eigenvalue weighted by Gasteiger charge is 2.34. The highest BCUT2D eigenvalue weighted by molar-refractivity contribution is 6.28. The number of hydrogen-bond acceptors (Lipinski definition) is 21. The molecule has 0 saturated carbocycles. The van der Waals surface area contributed by atoms with Crippen molar-refractivity contribution in [3.05, 3.63) is 35.9 Å². The highest BCUT2D eigenvalue weighted by Crippen LogP contribution is 2.25. The van der Waals surface area contributed by atoms with Crippen LogP contribution in [0.1, 0.15) is 168 Å². The molecular weight excluding hydrogens is 1130 g/mol. The zero-order valence-corrected chi connectivity index (χ0v) is 52.6. The van der Waals surface area contributed by atoms with Gasteiger partial charge in [-0.25, -0.2) is 28.8 Å². The fourth-order valence-electron chi connectivity index (χ4n) is 5.72. The second-order valence-corrected chi connectivity index (χ2v) is 22.6. The quantitative estimate of drug-likeness (QED) is 0.0333. The molecule has 1 aromatic carbocycles. The predicted octanol–water partition coefficient (Wildman–Crippen LogP) is 4.82. The van der Waals surface area contributed by atoms with Crippen LogP contribution in [0.15, 0.2) is 30.3 Å². The third-order valence-electron chi connectivity index (χ3n) is 9.96. The summed E-state index contributed by atoms with van der Waals surface area (Å²) >= 11 is 0. The standard InChI is InChI=1S/C23H30N2O7.2C18H28N2O7/c1-15(2)30-19(27)18(13-12-17(26)14-24-6)25-22(29)32-20(16-10-8-7-9-11-16)31-21(28)23(3,4)5;2*1-11(2)25-15(22)14(9-8-13(21)10-19-7)20-17(24)27-12(3)26-16(23)18(4,5)6/h7-11,14-15,18,20H,6,12-13H2,1-5H3;2*10-12,14H,7-9H2,1-6H3/p+3/t18-,20?;12-,14+;12-,14-/m010/s1. The molecule has 478 valence electrons. The summed E-state index contributed by atoms with van der Waals surface area (Å²) in [5, 5.41) is 7.04. The Kier molecular flexibility index (Phi) is 36.6. The van der Waals surface area contributed by atoms with Crippen molar-refractivity contribution in [1.82, 2.24) is 30.0 Å². The van der Waals surface area contributed by atoms with Gasteiger partial charge in [0.2, 0.25) is 29.9 Å². The molecule has 1 aromatic rings. The van der Waals surface area contributed by atoms with Crippen LogP contribution >= 0.6 is 0 Å². The third kappa shape index (κ3) is 37.4. The summed E-state index contributed by atoms with van der Waals surface area (Å²) in [7, 11) is 0. The van der Waals surface area contributed by atoms with Crippen LogP contribution in [0.4, 0.5) is 14.4 Å². The van der Waals surface area contributed by atoms with Crippen molar-refractivity contribution in [2.45, 2.75) is 212 Å². The van der Waals surface area contributed by atoms with E-state index in [-0.39, 0.29) is 55.9 Å². The topological polar surface area (TPSA) is 366 Å². The molecule has 0 aliphatic rings. The smallest absolute Gasteiger partial charge is 0.411 e. The van der Waals surface area contributed by atoms with Crippen molar-refractivity contribution in [1.29, 1.82) is 0 Å². The van der Waals surface area contributed by atoms with Crippen LogP contribution in [-0.2, 0) is 85.8 Å². The van der Waals surface area contributed by atoms with E-state index in [9.17, 15) is 57.5 Å². The Labute approximate surface area is 502 Å². The molecule has 1 rings (SSSR count). The van der Waals surface area contributed by atoms with Gasteiger partial charge in [-0.3, -0.25) is 28.8 Å². The molecule has 0 heterocycles. The minimum absolute atomic E-state index is 0.0122. The van der Waals surface area contributed by atoms with Crippen LogP contribution in [0.2, 0.25) is 0 Å². The Balaban J connectivity index is 0. The summed E-state index contributed by atoms with van der Waals surface area (Å²) in [6, 6.07) is 5.07. The number of esters is 6. The van der Waals surface area contributed by atoms with Crippen LogP contribution in [0, 0.1) is 16.2 Å². The number of benzene rings is 1. The van der Waals surface area contributed by atoms with Gasteiger partial charge in [-0.05, 0) is 123 Å². The van der Waals surface area contributed by atoms with E-state index in [0.29, 0.717) is 5.56 Å². The molecule has 0 spiro atoms.